The van der Waals surface area contributed by atoms with Crippen molar-refractivity contribution >= 4 is 23.3 Å². The van der Waals surface area contributed by atoms with E-state index in [9.17, 15) is 4.79 Å². The molecule has 1 heterocycles. The molecular weight excluding hydrogens is 278 g/mol. The number of amides is 1. The predicted octanol–water partition coefficient (Wildman–Crippen LogP) is 2.35. The molecule has 1 aromatic rings. The Bertz CT molecular complexity index is 450. The number of aromatic nitrogens is 1. The summed E-state index contributed by atoms with van der Waals surface area (Å²) in [6.45, 7) is 5.18. The summed E-state index contributed by atoms with van der Waals surface area (Å²) in [5.74, 6) is 0.507. The first-order chi connectivity index (χ1) is 9.40. The van der Waals surface area contributed by atoms with Crippen molar-refractivity contribution < 1.29 is 9.53 Å². The highest BCUT2D eigenvalue weighted by molar-refractivity contribution is 6.29. The minimum absolute atomic E-state index is 0.151. The third kappa shape index (κ3) is 5.75. The Labute approximate surface area is 125 Å². The van der Waals surface area contributed by atoms with E-state index in [1.54, 1.807) is 17.0 Å². The van der Waals surface area contributed by atoms with Crippen LogP contribution in [-0.4, -0.2) is 44.2 Å². The second-order valence-corrected chi connectivity index (χ2v) is 5.35. The molecule has 0 aromatic carbocycles. The Morgan fingerprint density at radius 3 is 2.75 bits per heavy atom. The first-order valence-electron chi connectivity index (χ1n) is 6.65. The van der Waals surface area contributed by atoms with Crippen molar-refractivity contribution in [2.45, 2.75) is 26.4 Å². The van der Waals surface area contributed by atoms with Gasteiger partial charge in [-0.3, -0.25) is 4.79 Å². The van der Waals surface area contributed by atoms with Crippen LogP contribution in [0.4, 0.5) is 5.82 Å². The summed E-state index contributed by atoms with van der Waals surface area (Å²) >= 11 is 5.92. The van der Waals surface area contributed by atoms with Gasteiger partial charge in [-0.25, -0.2) is 4.98 Å². The number of carbonyl (C=O) groups excluding carboxylic acids is 1. The molecule has 0 spiro atoms. The molecule has 0 bridgehead atoms. The van der Waals surface area contributed by atoms with Gasteiger partial charge in [-0.15, -0.1) is 0 Å². The molecule has 6 heteroatoms. The van der Waals surface area contributed by atoms with Gasteiger partial charge in [-0.2, -0.15) is 0 Å². The van der Waals surface area contributed by atoms with E-state index in [-0.39, 0.29) is 12.0 Å². The molecule has 0 saturated heterocycles. The van der Waals surface area contributed by atoms with Crippen LogP contribution in [0.2, 0.25) is 5.15 Å². The Hall–Kier alpha value is -1.33. The highest BCUT2D eigenvalue weighted by Crippen LogP contribution is 2.16. The summed E-state index contributed by atoms with van der Waals surface area (Å²) in [4.78, 5) is 18.0. The minimum atomic E-state index is -0.151. The van der Waals surface area contributed by atoms with Gasteiger partial charge in [0, 0.05) is 32.8 Å². The maximum atomic E-state index is 12.0. The van der Waals surface area contributed by atoms with Crippen LogP contribution in [0, 0.1) is 0 Å². The average Bonchev–Trinajstić information content (AvgIpc) is 2.36. The zero-order valence-corrected chi connectivity index (χ0v) is 13.2. The van der Waals surface area contributed by atoms with Crippen LogP contribution in [-0.2, 0) is 4.74 Å². The van der Waals surface area contributed by atoms with E-state index in [4.69, 9.17) is 16.3 Å². The molecule has 1 amide bonds. The van der Waals surface area contributed by atoms with Crippen molar-refractivity contribution in [1.82, 2.24) is 10.3 Å². The van der Waals surface area contributed by atoms with Crippen molar-refractivity contribution in [2.24, 2.45) is 0 Å². The second kappa shape index (κ2) is 8.07. The molecule has 20 heavy (non-hydrogen) atoms. The lowest BCUT2D eigenvalue weighted by Gasteiger charge is -2.13. The van der Waals surface area contributed by atoms with E-state index in [1.807, 2.05) is 27.9 Å². The van der Waals surface area contributed by atoms with E-state index in [0.717, 1.165) is 6.42 Å². The molecule has 0 aliphatic rings. The van der Waals surface area contributed by atoms with Gasteiger partial charge in [-0.1, -0.05) is 11.6 Å². The molecule has 1 aromatic heterocycles. The van der Waals surface area contributed by atoms with Crippen LogP contribution in [0.5, 0.6) is 0 Å². The quantitative estimate of drug-likeness (QED) is 0.620. The predicted molar refractivity (Wildman–Crippen MR) is 81.6 cm³/mol. The van der Waals surface area contributed by atoms with Gasteiger partial charge in [0.25, 0.3) is 5.91 Å². The molecule has 5 nitrogen and oxygen atoms in total. The lowest BCUT2D eigenvalue weighted by Crippen LogP contribution is -2.26. The smallest absolute Gasteiger partial charge is 0.251 e. The van der Waals surface area contributed by atoms with Crippen molar-refractivity contribution in [3.05, 3.63) is 22.8 Å². The van der Waals surface area contributed by atoms with Gasteiger partial charge in [0.1, 0.15) is 11.0 Å². The summed E-state index contributed by atoms with van der Waals surface area (Å²) in [6, 6.07) is 3.28. The number of ether oxygens (including phenoxy) is 1. The fraction of sp³-hybridized carbons (Fsp3) is 0.571. The summed E-state index contributed by atoms with van der Waals surface area (Å²) < 4.78 is 5.41. The highest BCUT2D eigenvalue weighted by atomic mass is 35.5. The molecule has 0 aliphatic carbocycles. The maximum Gasteiger partial charge on any atom is 0.251 e. The highest BCUT2D eigenvalue weighted by Gasteiger charge is 2.09. The Morgan fingerprint density at radius 2 is 2.15 bits per heavy atom. The summed E-state index contributed by atoms with van der Waals surface area (Å²) in [6.07, 6.45) is 0.996. The van der Waals surface area contributed by atoms with Crippen LogP contribution in [0.25, 0.3) is 0 Å². The van der Waals surface area contributed by atoms with Gasteiger partial charge < -0.3 is 15.0 Å². The Kier molecular flexibility index (Phi) is 6.75. The third-order valence-electron chi connectivity index (χ3n) is 2.56. The van der Waals surface area contributed by atoms with Crippen LogP contribution < -0.4 is 10.2 Å². The third-order valence-corrected chi connectivity index (χ3v) is 2.75. The monoisotopic (exact) mass is 299 g/mol. The second-order valence-electron chi connectivity index (χ2n) is 4.96. The topological polar surface area (TPSA) is 54.5 Å². The lowest BCUT2D eigenvalue weighted by atomic mass is 10.2. The molecular formula is C14H22ClN3O2. The SMILES string of the molecule is CC(C)OCCCNC(=O)c1cc(Cl)nc(N(C)C)c1. The van der Waals surface area contributed by atoms with E-state index in [2.05, 4.69) is 10.3 Å². The lowest BCUT2D eigenvalue weighted by molar-refractivity contribution is 0.0757. The minimum Gasteiger partial charge on any atom is -0.379 e. The maximum absolute atomic E-state index is 12.0. The molecule has 0 radical (unpaired) electrons. The average molecular weight is 300 g/mol. The number of anilines is 1. The van der Waals surface area contributed by atoms with E-state index in [0.29, 0.717) is 29.7 Å². The van der Waals surface area contributed by atoms with Gasteiger partial charge in [0.15, 0.2) is 0 Å². The number of hydrogen-bond acceptors (Lipinski definition) is 4. The normalized spacial score (nSPS) is 10.7. The molecule has 0 atom stereocenters. The zero-order chi connectivity index (χ0) is 15.1. The zero-order valence-electron chi connectivity index (χ0n) is 12.4. The number of nitrogens with one attached hydrogen (secondary N) is 1. The van der Waals surface area contributed by atoms with Crippen molar-refractivity contribution in [2.75, 3.05) is 32.1 Å². The number of hydrogen-bond donors (Lipinski definition) is 1. The summed E-state index contributed by atoms with van der Waals surface area (Å²) in [5.41, 5.74) is 0.512. The molecule has 1 N–H and O–H groups in total. The molecule has 1 rings (SSSR count). The Balaban J connectivity index is 2.51. The molecule has 0 unspecified atom stereocenters. The standard InChI is InChI=1S/C14H22ClN3O2/c1-10(2)20-7-5-6-16-14(19)11-8-12(15)17-13(9-11)18(3)4/h8-10H,5-7H2,1-4H3,(H,16,19). The summed E-state index contributed by atoms with van der Waals surface area (Å²) in [5, 5.41) is 3.15. The van der Waals surface area contributed by atoms with Crippen molar-refractivity contribution in [3.8, 4) is 0 Å². The van der Waals surface area contributed by atoms with Gasteiger partial charge in [0.2, 0.25) is 0 Å². The molecule has 112 valence electrons. The largest absolute Gasteiger partial charge is 0.379 e. The fourth-order valence-electron chi connectivity index (χ4n) is 1.54. The molecule has 0 saturated carbocycles. The van der Waals surface area contributed by atoms with E-state index < -0.39 is 0 Å². The Morgan fingerprint density at radius 1 is 1.45 bits per heavy atom. The van der Waals surface area contributed by atoms with Gasteiger partial charge in [-0.05, 0) is 32.4 Å². The van der Waals surface area contributed by atoms with E-state index in [1.165, 1.54) is 0 Å². The number of carbonyl (C=O) groups is 1. The van der Waals surface area contributed by atoms with Crippen LogP contribution in [0.15, 0.2) is 12.1 Å². The number of pyridine rings is 1. The number of rotatable bonds is 7. The first kappa shape index (κ1) is 16.7. The van der Waals surface area contributed by atoms with Crippen LogP contribution in [0.3, 0.4) is 0 Å². The van der Waals surface area contributed by atoms with Gasteiger partial charge >= 0.3 is 0 Å². The van der Waals surface area contributed by atoms with Crippen molar-refractivity contribution in [3.63, 3.8) is 0 Å². The van der Waals surface area contributed by atoms with Crippen LogP contribution >= 0.6 is 11.6 Å². The van der Waals surface area contributed by atoms with Crippen LogP contribution in [0.1, 0.15) is 30.6 Å². The van der Waals surface area contributed by atoms with Crippen molar-refractivity contribution in [1.29, 1.82) is 0 Å². The number of halogens is 1. The first-order valence-corrected chi connectivity index (χ1v) is 7.02. The number of nitrogens with zero attached hydrogens (tertiary/aromatic N) is 2. The molecule has 0 aliphatic heterocycles. The fourth-order valence-corrected chi connectivity index (χ4v) is 1.74. The van der Waals surface area contributed by atoms with E-state index >= 15 is 0 Å². The van der Waals surface area contributed by atoms with Gasteiger partial charge in [0.05, 0.1) is 6.10 Å². The summed E-state index contributed by atoms with van der Waals surface area (Å²) in [7, 11) is 3.70. The molecule has 0 fully saturated rings.